The highest BCUT2D eigenvalue weighted by molar-refractivity contribution is 5.89. The van der Waals surface area contributed by atoms with Crippen LogP contribution in [0.2, 0.25) is 0 Å². The second-order valence-electron chi connectivity index (χ2n) is 2.42. The Morgan fingerprint density at radius 2 is 2.42 bits per heavy atom. The topological polar surface area (TPSA) is 81.4 Å². The third kappa shape index (κ3) is 2.26. The van der Waals surface area contributed by atoms with E-state index in [0.29, 0.717) is 18.6 Å². The fourth-order valence-corrected chi connectivity index (χ4v) is 0.912. The summed E-state index contributed by atoms with van der Waals surface area (Å²) in [5.41, 5.74) is 5.27. The van der Waals surface area contributed by atoms with Crippen molar-refractivity contribution in [3.8, 4) is 0 Å². The van der Waals surface area contributed by atoms with Gasteiger partial charge in [0.05, 0.1) is 12.2 Å². The first-order valence-electron chi connectivity index (χ1n) is 3.62. The van der Waals surface area contributed by atoms with Gasteiger partial charge >= 0.3 is 12.0 Å². The fourth-order valence-electron chi connectivity index (χ4n) is 0.912. The number of ether oxygens (including phenoxy) is 1. The van der Waals surface area contributed by atoms with Gasteiger partial charge in [0.2, 0.25) is 0 Å². The predicted octanol–water partition coefficient (Wildman–Crippen LogP) is -0.124. The summed E-state index contributed by atoms with van der Waals surface area (Å²) >= 11 is 0. The fraction of sp³-hybridized carbons (Fsp3) is 0.429. The predicted molar refractivity (Wildman–Crippen MR) is 41.0 cm³/mol. The number of carbonyl (C=O) groups excluding carboxylic acids is 2. The molecule has 0 saturated carbocycles. The Labute approximate surface area is 69.6 Å². The van der Waals surface area contributed by atoms with Gasteiger partial charge in [-0.1, -0.05) is 0 Å². The van der Waals surface area contributed by atoms with Gasteiger partial charge in [-0.05, 0) is 12.8 Å². The van der Waals surface area contributed by atoms with Gasteiger partial charge in [0.1, 0.15) is 0 Å². The van der Waals surface area contributed by atoms with Crippen molar-refractivity contribution < 1.29 is 14.3 Å². The molecule has 66 valence electrons. The van der Waals surface area contributed by atoms with Gasteiger partial charge in [-0.3, -0.25) is 0 Å². The molecule has 0 aliphatic carbocycles. The summed E-state index contributed by atoms with van der Waals surface area (Å²) in [5, 5.41) is 2.22. The van der Waals surface area contributed by atoms with E-state index in [1.165, 1.54) is 6.20 Å². The van der Waals surface area contributed by atoms with Gasteiger partial charge in [0, 0.05) is 6.20 Å². The van der Waals surface area contributed by atoms with Crippen LogP contribution in [0.1, 0.15) is 12.8 Å². The van der Waals surface area contributed by atoms with E-state index in [1.807, 2.05) is 0 Å². The van der Waals surface area contributed by atoms with Crippen molar-refractivity contribution >= 4 is 12.0 Å². The van der Waals surface area contributed by atoms with Crippen molar-refractivity contribution in [3.63, 3.8) is 0 Å². The third-order valence-corrected chi connectivity index (χ3v) is 1.47. The number of nitrogens with one attached hydrogen (secondary N) is 1. The SMILES string of the molecule is NC(=O)N/C=C1\CCCOC1=O. The molecule has 1 rings (SSSR count). The number of nitrogens with two attached hydrogens (primary N) is 1. The molecule has 0 atom stereocenters. The molecule has 3 N–H and O–H groups in total. The smallest absolute Gasteiger partial charge is 0.335 e. The Kier molecular flexibility index (Phi) is 2.68. The number of esters is 1. The van der Waals surface area contributed by atoms with Crippen LogP contribution in [-0.4, -0.2) is 18.6 Å². The van der Waals surface area contributed by atoms with Gasteiger partial charge in [-0.25, -0.2) is 9.59 Å². The lowest BCUT2D eigenvalue weighted by Gasteiger charge is -2.13. The summed E-state index contributed by atoms with van der Waals surface area (Å²) < 4.78 is 4.72. The first-order chi connectivity index (χ1) is 5.70. The molecule has 12 heavy (non-hydrogen) atoms. The second kappa shape index (κ2) is 3.75. The van der Waals surface area contributed by atoms with Crippen molar-refractivity contribution in [2.24, 2.45) is 5.73 Å². The lowest BCUT2D eigenvalue weighted by Crippen LogP contribution is -2.26. The van der Waals surface area contributed by atoms with Gasteiger partial charge in [0.15, 0.2) is 0 Å². The number of carbonyl (C=O) groups is 2. The van der Waals surface area contributed by atoms with Crippen LogP contribution in [0.4, 0.5) is 4.79 Å². The highest BCUT2D eigenvalue weighted by Crippen LogP contribution is 2.12. The Hall–Kier alpha value is -1.52. The number of rotatable bonds is 1. The first-order valence-corrected chi connectivity index (χ1v) is 3.62. The summed E-state index contributed by atoms with van der Waals surface area (Å²) in [5.74, 6) is -0.380. The minimum Gasteiger partial charge on any atom is -0.462 e. The van der Waals surface area contributed by atoms with Crippen LogP contribution < -0.4 is 11.1 Å². The molecule has 0 aromatic heterocycles. The molecule has 0 unspecified atom stereocenters. The maximum absolute atomic E-state index is 10.9. The van der Waals surface area contributed by atoms with E-state index in [9.17, 15) is 9.59 Å². The number of urea groups is 1. The molecule has 0 bridgehead atoms. The zero-order chi connectivity index (χ0) is 8.97. The van der Waals surface area contributed by atoms with Crippen LogP contribution in [0.15, 0.2) is 11.8 Å². The van der Waals surface area contributed by atoms with Gasteiger partial charge < -0.3 is 15.8 Å². The molecule has 0 aromatic carbocycles. The first kappa shape index (κ1) is 8.58. The van der Waals surface area contributed by atoms with Crippen LogP contribution in [0.25, 0.3) is 0 Å². The van der Waals surface area contributed by atoms with Crippen molar-refractivity contribution in [1.82, 2.24) is 5.32 Å². The molecule has 2 amide bonds. The van der Waals surface area contributed by atoms with Crippen LogP contribution in [-0.2, 0) is 9.53 Å². The second-order valence-corrected chi connectivity index (χ2v) is 2.42. The molecule has 1 fully saturated rings. The van der Waals surface area contributed by atoms with E-state index in [1.54, 1.807) is 0 Å². The molecule has 0 radical (unpaired) electrons. The van der Waals surface area contributed by atoms with E-state index >= 15 is 0 Å². The summed E-state index contributed by atoms with van der Waals surface area (Å²) in [6.45, 7) is 0.451. The van der Waals surface area contributed by atoms with Crippen LogP contribution >= 0.6 is 0 Å². The van der Waals surface area contributed by atoms with Crippen molar-refractivity contribution in [1.29, 1.82) is 0 Å². The van der Waals surface area contributed by atoms with Gasteiger partial charge in [0.25, 0.3) is 0 Å². The van der Waals surface area contributed by atoms with Gasteiger partial charge in [-0.15, -0.1) is 0 Å². The zero-order valence-electron chi connectivity index (χ0n) is 6.50. The van der Waals surface area contributed by atoms with E-state index < -0.39 is 6.03 Å². The molecular weight excluding hydrogens is 160 g/mol. The summed E-state index contributed by atoms with van der Waals surface area (Å²) in [4.78, 5) is 21.2. The molecular formula is C7H10N2O3. The standard InChI is InChI=1S/C7H10N2O3/c8-7(11)9-4-5-2-1-3-12-6(5)10/h4H,1-3H2,(H3,8,9,11)/b5-4+. The average Bonchev–Trinajstić information content (AvgIpc) is 2.03. The van der Waals surface area contributed by atoms with Crippen molar-refractivity contribution in [2.45, 2.75) is 12.8 Å². The lowest BCUT2D eigenvalue weighted by molar-refractivity contribution is -0.141. The summed E-state index contributed by atoms with van der Waals surface area (Å²) in [7, 11) is 0. The summed E-state index contributed by atoms with van der Waals surface area (Å²) in [6, 6.07) is -0.680. The lowest BCUT2D eigenvalue weighted by atomic mass is 10.1. The van der Waals surface area contributed by atoms with Crippen LogP contribution in [0, 0.1) is 0 Å². The van der Waals surface area contributed by atoms with E-state index in [-0.39, 0.29) is 5.97 Å². The molecule has 1 aliphatic rings. The number of hydrogen-bond acceptors (Lipinski definition) is 3. The maximum Gasteiger partial charge on any atom is 0.335 e. The normalized spacial score (nSPS) is 20.3. The van der Waals surface area contributed by atoms with Crippen molar-refractivity contribution in [2.75, 3.05) is 6.61 Å². The molecule has 0 spiro atoms. The number of amides is 2. The highest BCUT2D eigenvalue weighted by Gasteiger charge is 2.15. The quantitative estimate of drug-likeness (QED) is 0.425. The van der Waals surface area contributed by atoms with E-state index in [2.05, 4.69) is 5.32 Å². The molecule has 1 saturated heterocycles. The Morgan fingerprint density at radius 3 is 3.00 bits per heavy atom. The Balaban J connectivity index is 2.53. The molecule has 5 heteroatoms. The number of cyclic esters (lactones) is 1. The largest absolute Gasteiger partial charge is 0.462 e. The minimum absolute atomic E-state index is 0.380. The Bertz CT molecular complexity index is 235. The molecule has 1 heterocycles. The van der Waals surface area contributed by atoms with Gasteiger partial charge in [-0.2, -0.15) is 0 Å². The number of primary amides is 1. The number of hydrogen-bond donors (Lipinski definition) is 2. The zero-order valence-corrected chi connectivity index (χ0v) is 6.50. The summed E-state index contributed by atoms with van der Waals surface area (Å²) in [6.07, 6.45) is 2.71. The molecule has 1 aliphatic heterocycles. The van der Waals surface area contributed by atoms with Crippen LogP contribution in [0.5, 0.6) is 0 Å². The van der Waals surface area contributed by atoms with E-state index in [4.69, 9.17) is 10.5 Å². The third-order valence-electron chi connectivity index (χ3n) is 1.47. The minimum atomic E-state index is -0.680. The average molecular weight is 170 g/mol. The van der Waals surface area contributed by atoms with E-state index in [0.717, 1.165) is 6.42 Å². The molecule has 5 nitrogen and oxygen atoms in total. The van der Waals surface area contributed by atoms with Crippen molar-refractivity contribution in [3.05, 3.63) is 11.8 Å². The maximum atomic E-state index is 10.9. The van der Waals surface area contributed by atoms with Crippen LogP contribution in [0.3, 0.4) is 0 Å². The molecule has 0 aromatic rings. The monoisotopic (exact) mass is 170 g/mol. The highest BCUT2D eigenvalue weighted by atomic mass is 16.5. The Morgan fingerprint density at radius 1 is 1.67 bits per heavy atom.